The fraction of sp³-hybridized carbons (Fsp3) is 0.474. The molecule has 7 heteroatoms. The number of amides is 2. The first-order valence-electron chi connectivity index (χ1n) is 8.71. The zero-order valence-electron chi connectivity index (χ0n) is 15.3. The number of fused-ring (bicyclic) bond motifs is 1. The van der Waals surface area contributed by atoms with Gasteiger partial charge in [0.05, 0.1) is 6.04 Å². The predicted octanol–water partition coefficient (Wildman–Crippen LogP) is 4.20. The first-order chi connectivity index (χ1) is 12.3. The second-order valence-electron chi connectivity index (χ2n) is 7.23. The Labute approximate surface area is 162 Å². The van der Waals surface area contributed by atoms with Crippen LogP contribution in [0.4, 0.5) is 4.79 Å². The van der Waals surface area contributed by atoms with Crippen LogP contribution < -0.4 is 5.32 Å². The Morgan fingerprint density at radius 2 is 2.08 bits per heavy atom. The molecule has 0 radical (unpaired) electrons. The van der Waals surface area contributed by atoms with E-state index in [1.54, 1.807) is 22.7 Å². The molecule has 1 atom stereocenters. The Bertz CT molecular complexity index is 762. The highest BCUT2D eigenvalue weighted by Gasteiger charge is 2.33. The lowest BCUT2D eigenvalue weighted by Gasteiger charge is -2.35. The fourth-order valence-corrected chi connectivity index (χ4v) is 4.83. The van der Waals surface area contributed by atoms with E-state index in [2.05, 4.69) is 22.8 Å². The van der Waals surface area contributed by atoms with Crippen molar-refractivity contribution in [2.24, 2.45) is 0 Å². The Hall–Kier alpha value is -1.86. The number of ether oxygens (including phenoxy) is 1. The summed E-state index contributed by atoms with van der Waals surface area (Å²) < 4.78 is 5.21. The molecule has 0 fully saturated rings. The highest BCUT2D eigenvalue weighted by Crippen LogP contribution is 2.39. The van der Waals surface area contributed by atoms with E-state index in [1.165, 1.54) is 15.3 Å². The third-order valence-electron chi connectivity index (χ3n) is 4.11. The third-order valence-corrected chi connectivity index (χ3v) is 6.03. The molecule has 26 heavy (non-hydrogen) atoms. The van der Waals surface area contributed by atoms with Crippen LogP contribution in [-0.4, -0.2) is 35.6 Å². The van der Waals surface area contributed by atoms with Gasteiger partial charge < -0.3 is 15.0 Å². The monoisotopic (exact) mass is 392 g/mol. The number of rotatable bonds is 4. The number of nitrogens with zero attached hydrogens (tertiary/aromatic N) is 1. The topological polar surface area (TPSA) is 58.6 Å². The minimum Gasteiger partial charge on any atom is -0.444 e. The zero-order valence-corrected chi connectivity index (χ0v) is 16.9. The molecule has 0 aliphatic carbocycles. The normalized spacial score (nSPS) is 16.9. The van der Waals surface area contributed by atoms with E-state index in [4.69, 9.17) is 4.74 Å². The molecule has 3 rings (SSSR count). The maximum atomic E-state index is 12.8. The van der Waals surface area contributed by atoms with Crippen molar-refractivity contribution in [2.45, 2.75) is 45.3 Å². The van der Waals surface area contributed by atoms with Crippen molar-refractivity contribution in [2.75, 3.05) is 13.1 Å². The van der Waals surface area contributed by atoms with E-state index in [0.717, 1.165) is 6.42 Å². The van der Waals surface area contributed by atoms with E-state index in [9.17, 15) is 9.59 Å². The fourth-order valence-electron chi connectivity index (χ4n) is 3.07. The standard InChI is InChI=1S/C19H24N2O3S2/c1-19(2,3)24-18(23)20-9-6-16(22)21-10-7-14-13(8-12-26-14)17(21)15-5-4-11-25-15/h4-5,8,11-12,17H,6-7,9-10H2,1-3H3,(H,20,23)/t17-/m0/s1. The van der Waals surface area contributed by atoms with E-state index in [1.807, 2.05) is 37.1 Å². The molecule has 2 aromatic heterocycles. The first-order valence-corrected chi connectivity index (χ1v) is 10.5. The molecule has 0 unspecified atom stereocenters. The van der Waals surface area contributed by atoms with Crippen molar-refractivity contribution in [3.8, 4) is 0 Å². The molecule has 2 amide bonds. The summed E-state index contributed by atoms with van der Waals surface area (Å²) in [6.07, 6.45) is 0.666. The van der Waals surface area contributed by atoms with Crippen LogP contribution in [0.3, 0.4) is 0 Å². The molecule has 0 spiro atoms. The lowest BCUT2D eigenvalue weighted by Crippen LogP contribution is -2.41. The van der Waals surface area contributed by atoms with Gasteiger partial charge in [0.1, 0.15) is 5.60 Å². The van der Waals surface area contributed by atoms with Crippen molar-refractivity contribution >= 4 is 34.7 Å². The number of thiophene rings is 2. The summed E-state index contributed by atoms with van der Waals surface area (Å²) in [6.45, 7) is 6.43. The third kappa shape index (κ3) is 4.45. The summed E-state index contributed by atoms with van der Waals surface area (Å²) in [4.78, 5) is 29.1. The van der Waals surface area contributed by atoms with Crippen LogP contribution in [0, 0.1) is 0 Å². The molecular weight excluding hydrogens is 368 g/mol. The second-order valence-corrected chi connectivity index (χ2v) is 9.21. The highest BCUT2D eigenvalue weighted by molar-refractivity contribution is 7.10. The van der Waals surface area contributed by atoms with Gasteiger partial charge in [0.2, 0.25) is 5.91 Å². The van der Waals surface area contributed by atoms with Crippen LogP contribution in [0.15, 0.2) is 29.0 Å². The second kappa shape index (κ2) is 7.80. The summed E-state index contributed by atoms with van der Waals surface area (Å²) in [5.41, 5.74) is 0.692. The Kier molecular flexibility index (Phi) is 5.67. The maximum Gasteiger partial charge on any atom is 0.407 e. The molecule has 3 heterocycles. The number of nitrogens with one attached hydrogen (secondary N) is 1. The van der Waals surface area contributed by atoms with E-state index in [-0.39, 0.29) is 24.9 Å². The highest BCUT2D eigenvalue weighted by atomic mass is 32.1. The SMILES string of the molecule is CC(C)(C)OC(=O)NCCC(=O)N1CCc2sccc2[C@H]1c1cccs1. The summed E-state index contributed by atoms with van der Waals surface area (Å²) >= 11 is 3.43. The molecule has 140 valence electrons. The van der Waals surface area contributed by atoms with Gasteiger partial charge in [-0.3, -0.25) is 4.79 Å². The summed E-state index contributed by atoms with van der Waals surface area (Å²) in [6, 6.07) is 6.22. The molecule has 1 aliphatic rings. The van der Waals surface area contributed by atoms with Gasteiger partial charge in [0.15, 0.2) is 0 Å². The summed E-state index contributed by atoms with van der Waals surface area (Å²) in [5.74, 6) is 0.0521. The first kappa shape index (κ1) is 18.9. The van der Waals surface area contributed by atoms with E-state index >= 15 is 0 Å². The molecule has 0 bridgehead atoms. The smallest absolute Gasteiger partial charge is 0.407 e. The Morgan fingerprint density at radius 3 is 2.77 bits per heavy atom. The molecule has 2 aromatic rings. The van der Waals surface area contributed by atoms with Gasteiger partial charge in [-0.1, -0.05) is 6.07 Å². The van der Waals surface area contributed by atoms with E-state index in [0.29, 0.717) is 6.54 Å². The number of hydrogen-bond acceptors (Lipinski definition) is 5. The number of carbonyl (C=O) groups excluding carboxylic acids is 2. The lowest BCUT2D eigenvalue weighted by atomic mass is 9.98. The van der Waals surface area contributed by atoms with Crippen molar-refractivity contribution in [3.63, 3.8) is 0 Å². The quantitative estimate of drug-likeness (QED) is 0.848. The largest absolute Gasteiger partial charge is 0.444 e. The predicted molar refractivity (Wildman–Crippen MR) is 105 cm³/mol. The number of hydrogen-bond donors (Lipinski definition) is 1. The molecule has 5 nitrogen and oxygen atoms in total. The van der Waals surface area contributed by atoms with Gasteiger partial charge in [0, 0.05) is 29.3 Å². The average Bonchev–Trinajstić information content (AvgIpc) is 3.23. The molecule has 1 N–H and O–H groups in total. The van der Waals surface area contributed by atoms with Crippen LogP contribution in [0.1, 0.15) is 48.6 Å². The lowest BCUT2D eigenvalue weighted by molar-refractivity contribution is -0.133. The van der Waals surface area contributed by atoms with Gasteiger partial charge in [-0.25, -0.2) is 4.79 Å². The van der Waals surface area contributed by atoms with Gasteiger partial charge in [-0.05, 0) is 55.6 Å². The van der Waals surface area contributed by atoms with Crippen molar-refractivity contribution in [1.29, 1.82) is 0 Å². The number of alkyl carbamates (subject to hydrolysis) is 1. The van der Waals surface area contributed by atoms with Crippen LogP contribution >= 0.6 is 22.7 Å². The van der Waals surface area contributed by atoms with Gasteiger partial charge >= 0.3 is 6.09 Å². The summed E-state index contributed by atoms with van der Waals surface area (Å²) in [5, 5.41) is 6.81. The molecule has 1 aliphatic heterocycles. The Morgan fingerprint density at radius 1 is 1.27 bits per heavy atom. The number of carbonyl (C=O) groups is 2. The van der Waals surface area contributed by atoms with E-state index < -0.39 is 11.7 Å². The molecule has 0 saturated carbocycles. The minimum atomic E-state index is -0.541. The average molecular weight is 393 g/mol. The Balaban J connectivity index is 1.64. The minimum absolute atomic E-state index is 0.0148. The van der Waals surface area contributed by atoms with Gasteiger partial charge in [-0.2, -0.15) is 0 Å². The van der Waals surface area contributed by atoms with Crippen LogP contribution in [0.25, 0.3) is 0 Å². The zero-order chi connectivity index (χ0) is 18.7. The molecule has 0 aromatic carbocycles. The van der Waals surface area contributed by atoms with Crippen LogP contribution in [-0.2, 0) is 16.0 Å². The van der Waals surface area contributed by atoms with Gasteiger partial charge in [0.25, 0.3) is 0 Å². The van der Waals surface area contributed by atoms with Crippen LogP contribution in [0.5, 0.6) is 0 Å². The molecular formula is C19H24N2O3S2. The van der Waals surface area contributed by atoms with Crippen molar-refractivity contribution < 1.29 is 14.3 Å². The van der Waals surface area contributed by atoms with Crippen LogP contribution in [0.2, 0.25) is 0 Å². The van der Waals surface area contributed by atoms with Crippen molar-refractivity contribution in [3.05, 3.63) is 44.3 Å². The maximum absolute atomic E-state index is 12.8. The van der Waals surface area contributed by atoms with Gasteiger partial charge in [-0.15, -0.1) is 22.7 Å². The molecule has 0 saturated heterocycles. The van der Waals surface area contributed by atoms with Crippen molar-refractivity contribution in [1.82, 2.24) is 10.2 Å². The summed E-state index contributed by atoms with van der Waals surface area (Å²) in [7, 11) is 0.